The van der Waals surface area contributed by atoms with E-state index < -0.39 is 6.04 Å². The van der Waals surface area contributed by atoms with E-state index in [1.165, 1.54) is 56.9 Å². The van der Waals surface area contributed by atoms with E-state index in [1.54, 1.807) is 0 Å². The van der Waals surface area contributed by atoms with Crippen molar-refractivity contribution in [1.29, 1.82) is 0 Å². The van der Waals surface area contributed by atoms with Crippen molar-refractivity contribution in [2.45, 2.75) is 137 Å². The highest BCUT2D eigenvalue weighted by molar-refractivity contribution is 5.86. The van der Waals surface area contributed by atoms with E-state index in [0.29, 0.717) is 70.7 Å². The molecule has 0 aliphatic heterocycles. The number of nitrogens with one attached hydrogen (secondary N) is 2. The first-order valence-corrected chi connectivity index (χ1v) is 21.5. The van der Waals surface area contributed by atoms with E-state index >= 15 is 0 Å². The Balaban J connectivity index is 1.08. The Labute approximate surface area is 331 Å². The number of carbonyl (C=O) groups is 2. The smallest absolute Gasteiger partial charge is 0.407 e. The number of unbranched alkanes of at least 4 members (excludes halogenated alkanes) is 1. The van der Waals surface area contributed by atoms with Gasteiger partial charge in [-0.3, -0.25) is 9.79 Å². The van der Waals surface area contributed by atoms with Crippen molar-refractivity contribution in [3.63, 3.8) is 0 Å². The summed E-state index contributed by atoms with van der Waals surface area (Å²) in [7, 11) is 0. The van der Waals surface area contributed by atoms with Crippen LogP contribution in [0.25, 0.3) is 0 Å². The van der Waals surface area contributed by atoms with Crippen LogP contribution in [0.4, 0.5) is 4.79 Å². The van der Waals surface area contributed by atoms with Crippen molar-refractivity contribution in [3.8, 4) is 0 Å². The quantitative estimate of drug-likeness (QED) is 0.0361. The fourth-order valence-corrected chi connectivity index (χ4v) is 10.9. The lowest BCUT2D eigenvalue weighted by Gasteiger charge is -2.58. The number of nitrogens with zero attached hydrogens (tertiary/aromatic N) is 2. The van der Waals surface area contributed by atoms with Gasteiger partial charge in [0.15, 0.2) is 11.9 Å². The molecule has 0 radical (unpaired) electrons. The highest BCUT2D eigenvalue weighted by atomic mass is 16.6. The average molecular weight is 773 g/mol. The summed E-state index contributed by atoms with van der Waals surface area (Å²) in [6.07, 6.45) is 17.7. The lowest BCUT2D eigenvalue weighted by molar-refractivity contribution is -0.122. The van der Waals surface area contributed by atoms with Crippen LogP contribution < -0.4 is 33.6 Å². The van der Waals surface area contributed by atoms with E-state index in [0.717, 1.165) is 54.8 Å². The minimum absolute atomic E-state index is 0.0396. The Morgan fingerprint density at radius 3 is 2.25 bits per heavy atom. The number of rotatable bonds is 22. The van der Waals surface area contributed by atoms with Crippen LogP contribution in [0.5, 0.6) is 0 Å². The number of carbonyl (C=O) groups excluding carboxylic acids is 2. The molecule has 3 saturated carbocycles. The molecule has 3 fully saturated rings. The van der Waals surface area contributed by atoms with Gasteiger partial charge in [-0.05, 0) is 111 Å². The van der Waals surface area contributed by atoms with E-state index in [1.807, 2.05) is 0 Å². The van der Waals surface area contributed by atoms with Crippen LogP contribution >= 0.6 is 0 Å². The summed E-state index contributed by atoms with van der Waals surface area (Å²) >= 11 is 0. The second-order valence-electron chi connectivity index (χ2n) is 17.9. The summed E-state index contributed by atoms with van der Waals surface area (Å²) in [5.74, 6) is 4.54. The molecule has 9 unspecified atom stereocenters. The molecule has 0 aromatic rings. The number of alkyl carbamates (subject to hydrolysis) is 1. The molecular formula is C42H76N8O5. The molecule has 13 nitrogen and oxygen atoms in total. The molecule has 55 heavy (non-hydrogen) atoms. The molecule has 0 bridgehead atoms. The summed E-state index contributed by atoms with van der Waals surface area (Å²) in [4.78, 5) is 33.2. The maximum atomic E-state index is 12.7. The van der Waals surface area contributed by atoms with E-state index in [-0.39, 0.29) is 35.4 Å². The molecule has 2 amide bonds. The van der Waals surface area contributed by atoms with E-state index in [4.69, 9.17) is 37.1 Å². The zero-order chi connectivity index (χ0) is 40.0. The van der Waals surface area contributed by atoms with Gasteiger partial charge in [0.1, 0.15) is 12.1 Å². The average Bonchev–Trinajstić information content (AvgIpc) is 3.48. The topological polar surface area (TPSA) is 215 Å². The molecular weight excluding hydrogens is 697 g/mol. The standard InChI is InChI=1S/C42H76N8O5/c1-28(2)9-8-10-29(3)33-14-15-34-32-13-12-30-27-31(16-18-41(30,4)35(32)17-19-42(33,34)5)55-40(52)49-22-24-54-26-25-53-23-21-47-37(51)36(50-39(45)46)11-6-7-20-48-38(43)44/h12,28-29,31-36H,6-11,13-27H2,1-5H3,(H,47,51)(H,49,52)(H4,43,44,48)(H4,45,46,50). The second-order valence-corrected chi connectivity index (χ2v) is 17.9. The normalized spacial score (nSPS) is 29.5. The monoisotopic (exact) mass is 773 g/mol. The number of fused-ring (bicyclic) bond motifs is 5. The fraction of sp³-hybridized carbons (Fsp3) is 0.857. The number of aliphatic imine (C=N–C) groups is 2. The van der Waals surface area contributed by atoms with Gasteiger partial charge in [0.25, 0.3) is 0 Å². The molecule has 314 valence electrons. The first-order chi connectivity index (χ1) is 26.2. The van der Waals surface area contributed by atoms with Crippen LogP contribution in [-0.4, -0.2) is 82.1 Å². The number of hydrogen-bond donors (Lipinski definition) is 6. The number of amides is 2. The van der Waals surface area contributed by atoms with Crippen LogP contribution in [0.3, 0.4) is 0 Å². The number of hydrogen-bond acceptors (Lipinski definition) is 7. The molecule has 4 aliphatic carbocycles. The van der Waals surface area contributed by atoms with Gasteiger partial charge < -0.3 is 47.8 Å². The van der Waals surface area contributed by atoms with Gasteiger partial charge in [0.05, 0.1) is 26.4 Å². The van der Waals surface area contributed by atoms with Crippen LogP contribution in [-0.2, 0) is 19.0 Å². The Hall–Kier alpha value is -3.06. The number of guanidine groups is 2. The minimum Gasteiger partial charge on any atom is -0.446 e. The van der Waals surface area contributed by atoms with Crippen molar-refractivity contribution in [3.05, 3.63) is 11.6 Å². The molecule has 0 aromatic carbocycles. The third kappa shape index (κ3) is 12.7. The van der Waals surface area contributed by atoms with Crippen LogP contribution in [0, 0.1) is 46.3 Å². The van der Waals surface area contributed by atoms with Gasteiger partial charge in [-0.2, -0.15) is 0 Å². The lowest BCUT2D eigenvalue weighted by atomic mass is 9.47. The highest BCUT2D eigenvalue weighted by Gasteiger charge is 2.59. The summed E-state index contributed by atoms with van der Waals surface area (Å²) in [6.45, 7) is 15.0. The largest absolute Gasteiger partial charge is 0.446 e. The van der Waals surface area contributed by atoms with Gasteiger partial charge in [-0.1, -0.05) is 65.5 Å². The van der Waals surface area contributed by atoms with E-state index in [2.05, 4.69) is 61.3 Å². The first kappa shape index (κ1) is 44.7. The molecule has 4 rings (SSSR count). The molecule has 0 heterocycles. The zero-order valence-electron chi connectivity index (χ0n) is 34.8. The van der Waals surface area contributed by atoms with Crippen LogP contribution in [0.1, 0.15) is 125 Å². The minimum atomic E-state index is -0.686. The molecule has 13 heteroatoms. The predicted molar refractivity (Wildman–Crippen MR) is 220 cm³/mol. The molecule has 4 aliphatic rings. The summed E-state index contributed by atoms with van der Waals surface area (Å²) < 4.78 is 17.1. The number of allylic oxidation sites excluding steroid dienone is 1. The highest BCUT2D eigenvalue weighted by Crippen LogP contribution is 2.67. The van der Waals surface area contributed by atoms with Gasteiger partial charge in [-0.25, -0.2) is 9.79 Å². The fourth-order valence-electron chi connectivity index (χ4n) is 10.9. The SMILES string of the molecule is CC(C)CCCC(C)C1CCC2C3CC=C4CC(OC(=O)NCCOCCOCCNC(=O)C(CCCCN=C(N)N)N=C(N)N)CCC4(C)C3CCC12C. The Bertz CT molecular complexity index is 1320. The van der Waals surface area contributed by atoms with Gasteiger partial charge in [0.2, 0.25) is 5.91 Å². The maximum absolute atomic E-state index is 12.7. The summed E-state index contributed by atoms with van der Waals surface area (Å²) in [5, 5.41) is 5.65. The zero-order valence-corrected chi connectivity index (χ0v) is 34.8. The predicted octanol–water partition coefficient (Wildman–Crippen LogP) is 5.36. The first-order valence-electron chi connectivity index (χ1n) is 21.5. The third-order valence-electron chi connectivity index (χ3n) is 13.8. The Kier molecular flexibility index (Phi) is 17.4. The van der Waals surface area contributed by atoms with Crippen LogP contribution in [0.2, 0.25) is 0 Å². The number of ether oxygens (including phenoxy) is 3. The third-order valence-corrected chi connectivity index (χ3v) is 13.8. The second kappa shape index (κ2) is 21.5. The van der Waals surface area contributed by atoms with Crippen molar-refractivity contribution in [2.75, 3.05) is 46.1 Å². The van der Waals surface area contributed by atoms with Gasteiger partial charge in [0, 0.05) is 26.1 Å². The molecule has 0 spiro atoms. The van der Waals surface area contributed by atoms with Crippen molar-refractivity contribution >= 4 is 23.9 Å². The summed E-state index contributed by atoms with van der Waals surface area (Å²) in [6, 6.07) is -0.686. The Morgan fingerprint density at radius 1 is 0.836 bits per heavy atom. The van der Waals surface area contributed by atoms with Crippen molar-refractivity contribution < 1.29 is 23.8 Å². The lowest BCUT2D eigenvalue weighted by Crippen LogP contribution is -2.51. The van der Waals surface area contributed by atoms with Gasteiger partial charge >= 0.3 is 6.09 Å². The molecule has 9 atom stereocenters. The molecule has 0 saturated heterocycles. The maximum Gasteiger partial charge on any atom is 0.407 e. The van der Waals surface area contributed by atoms with Gasteiger partial charge in [-0.15, -0.1) is 0 Å². The molecule has 10 N–H and O–H groups in total. The van der Waals surface area contributed by atoms with Crippen LogP contribution in [0.15, 0.2) is 21.6 Å². The van der Waals surface area contributed by atoms with Crippen molar-refractivity contribution in [2.24, 2.45) is 79.3 Å². The summed E-state index contributed by atoms with van der Waals surface area (Å²) in [5.41, 5.74) is 23.9. The number of nitrogens with two attached hydrogens (primary N) is 4. The Morgan fingerprint density at radius 2 is 1.56 bits per heavy atom. The van der Waals surface area contributed by atoms with E-state index in [9.17, 15) is 9.59 Å². The molecule has 0 aromatic heterocycles. The van der Waals surface area contributed by atoms with Crippen molar-refractivity contribution in [1.82, 2.24) is 10.6 Å².